The molecule has 0 amide bonds. The molecule has 0 spiro atoms. The van der Waals surface area contributed by atoms with Gasteiger partial charge in [-0.1, -0.05) is 6.92 Å². The number of piperidine rings is 1. The van der Waals surface area contributed by atoms with Crippen LogP contribution in [-0.2, 0) is 0 Å². The topological polar surface area (TPSA) is 28.2 Å². The first-order chi connectivity index (χ1) is 9.29. The van der Waals surface area contributed by atoms with Gasteiger partial charge < -0.3 is 10.2 Å². The quantitative estimate of drug-likeness (QED) is 0.901. The Kier molecular flexibility index (Phi) is 3.74. The van der Waals surface area contributed by atoms with Gasteiger partial charge in [-0.2, -0.15) is 0 Å². The molecule has 3 heteroatoms. The molecule has 0 radical (unpaired) electrons. The minimum atomic E-state index is 0.719. The third-order valence-corrected chi connectivity index (χ3v) is 4.71. The molecule has 0 saturated carbocycles. The minimum absolute atomic E-state index is 0.719. The third-order valence-electron chi connectivity index (χ3n) is 4.71. The van der Waals surface area contributed by atoms with Crippen molar-refractivity contribution in [1.82, 2.24) is 10.3 Å². The molecular weight excluding hydrogens is 234 g/mol. The van der Waals surface area contributed by atoms with Crippen LogP contribution >= 0.6 is 0 Å². The van der Waals surface area contributed by atoms with Gasteiger partial charge in [0.2, 0.25) is 0 Å². The van der Waals surface area contributed by atoms with Crippen molar-refractivity contribution in [3.05, 3.63) is 24.0 Å². The monoisotopic (exact) mass is 259 g/mol. The largest absolute Gasteiger partial charge is 0.364 e. The molecule has 2 aliphatic heterocycles. The van der Waals surface area contributed by atoms with Crippen LogP contribution in [0.15, 0.2) is 18.5 Å². The molecule has 3 rings (SSSR count). The highest BCUT2D eigenvalue weighted by Crippen LogP contribution is 2.40. The maximum Gasteiger partial charge on any atom is 0.0587 e. The molecule has 2 aliphatic rings. The lowest BCUT2D eigenvalue weighted by Crippen LogP contribution is -2.49. The Balaban J connectivity index is 1.75. The number of hydrogen-bond donors (Lipinski definition) is 1. The van der Waals surface area contributed by atoms with Crippen molar-refractivity contribution in [1.29, 1.82) is 0 Å². The lowest BCUT2D eigenvalue weighted by molar-refractivity contribution is 0.356. The van der Waals surface area contributed by atoms with Crippen molar-refractivity contribution in [3.8, 4) is 0 Å². The van der Waals surface area contributed by atoms with Gasteiger partial charge in [0.25, 0.3) is 0 Å². The molecule has 2 unspecified atom stereocenters. The van der Waals surface area contributed by atoms with Gasteiger partial charge in [0.05, 0.1) is 11.9 Å². The molecule has 1 aromatic rings. The summed E-state index contributed by atoms with van der Waals surface area (Å²) in [6.45, 7) is 5.61. The smallest absolute Gasteiger partial charge is 0.0587 e. The van der Waals surface area contributed by atoms with Gasteiger partial charge in [-0.25, -0.2) is 0 Å². The SMILES string of the molecule is CCCNC1CC2CCC(C1)N2c1cnccc1C. The molecule has 2 bridgehead atoms. The van der Waals surface area contributed by atoms with E-state index in [1.165, 1.54) is 43.4 Å². The summed E-state index contributed by atoms with van der Waals surface area (Å²) in [6, 6.07) is 4.30. The zero-order valence-electron chi connectivity index (χ0n) is 12.1. The lowest BCUT2D eigenvalue weighted by atomic mass is 9.96. The first-order valence-corrected chi connectivity index (χ1v) is 7.72. The van der Waals surface area contributed by atoms with Crippen LogP contribution in [0.25, 0.3) is 0 Å². The van der Waals surface area contributed by atoms with Gasteiger partial charge in [-0.3, -0.25) is 4.98 Å². The molecule has 2 fully saturated rings. The predicted molar refractivity (Wildman–Crippen MR) is 79.6 cm³/mol. The number of aromatic nitrogens is 1. The fraction of sp³-hybridized carbons (Fsp3) is 0.688. The maximum absolute atomic E-state index is 4.33. The van der Waals surface area contributed by atoms with Gasteiger partial charge in [0, 0.05) is 24.3 Å². The van der Waals surface area contributed by atoms with Crippen LogP contribution in [0.2, 0.25) is 0 Å². The second-order valence-corrected chi connectivity index (χ2v) is 6.08. The molecule has 3 heterocycles. The van der Waals surface area contributed by atoms with Crippen LogP contribution in [0.1, 0.15) is 44.6 Å². The predicted octanol–water partition coefficient (Wildman–Crippen LogP) is 2.89. The zero-order valence-corrected chi connectivity index (χ0v) is 12.1. The maximum atomic E-state index is 4.33. The number of nitrogens with one attached hydrogen (secondary N) is 1. The van der Waals surface area contributed by atoms with E-state index in [1.54, 1.807) is 0 Å². The zero-order chi connectivity index (χ0) is 13.2. The van der Waals surface area contributed by atoms with E-state index in [1.807, 2.05) is 6.20 Å². The Morgan fingerprint density at radius 3 is 2.68 bits per heavy atom. The Morgan fingerprint density at radius 2 is 2.05 bits per heavy atom. The number of pyridine rings is 1. The van der Waals surface area contributed by atoms with Crippen LogP contribution in [0.4, 0.5) is 5.69 Å². The van der Waals surface area contributed by atoms with E-state index >= 15 is 0 Å². The Bertz CT molecular complexity index is 418. The van der Waals surface area contributed by atoms with Crippen molar-refractivity contribution in [2.24, 2.45) is 0 Å². The number of hydrogen-bond acceptors (Lipinski definition) is 3. The van der Waals surface area contributed by atoms with Crippen molar-refractivity contribution < 1.29 is 0 Å². The Labute approximate surface area is 116 Å². The molecule has 2 atom stereocenters. The highest BCUT2D eigenvalue weighted by molar-refractivity contribution is 5.54. The van der Waals surface area contributed by atoms with E-state index < -0.39 is 0 Å². The fourth-order valence-corrected chi connectivity index (χ4v) is 3.81. The summed E-state index contributed by atoms with van der Waals surface area (Å²) in [5, 5.41) is 3.72. The Hall–Kier alpha value is -1.09. The fourth-order valence-electron chi connectivity index (χ4n) is 3.81. The molecule has 19 heavy (non-hydrogen) atoms. The summed E-state index contributed by atoms with van der Waals surface area (Å²) in [7, 11) is 0. The third kappa shape index (κ3) is 2.48. The number of anilines is 1. The van der Waals surface area contributed by atoms with Crippen LogP contribution in [0.5, 0.6) is 0 Å². The van der Waals surface area contributed by atoms with Gasteiger partial charge in [-0.05, 0) is 57.2 Å². The highest BCUT2D eigenvalue weighted by Gasteiger charge is 2.40. The minimum Gasteiger partial charge on any atom is -0.364 e. The number of rotatable bonds is 4. The number of fused-ring (bicyclic) bond motifs is 2. The summed E-state index contributed by atoms with van der Waals surface area (Å²) in [4.78, 5) is 6.99. The van der Waals surface area contributed by atoms with E-state index in [-0.39, 0.29) is 0 Å². The average Bonchev–Trinajstić information content (AvgIpc) is 2.68. The van der Waals surface area contributed by atoms with Crippen molar-refractivity contribution in [3.63, 3.8) is 0 Å². The normalized spacial score (nSPS) is 29.8. The average molecular weight is 259 g/mol. The van der Waals surface area contributed by atoms with Crippen molar-refractivity contribution >= 4 is 5.69 Å². The molecule has 2 saturated heterocycles. The van der Waals surface area contributed by atoms with E-state index in [4.69, 9.17) is 0 Å². The van der Waals surface area contributed by atoms with Gasteiger partial charge in [0.15, 0.2) is 0 Å². The van der Waals surface area contributed by atoms with E-state index in [9.17, 15) is 0 Å². The second kappa shape index (κ2) is 5.49. The second-order valence-electron chi connectivity index (χ2n) is 6.08. The van der Waals surface area contributed by atoms with E-state index in [0.717, 1.165) is 24.7 Å². The highest BCUT2D eigenvalue weighted by atomic mass is 15.2. The van der Waals surface area contributed by atoms with Gasteiger partial charge in [0.1, 0.15) is 0 Å². The molecule has 3 nitrogen and oxygen atoms in total. The first-order valence-electron chi connectivity index (χ1n) is 7.72. The van der Waals surface area contributed by atoms with Crippen LogP contribution in [0, 0.1) is 6.92 Å². The molecular formula is C16H25N3. The van der Waals surface area contributed by atoms with Gasteiger partial charge >= 0.3 is 0 Å². The first kappa shape index (κ1) is 12.9. The summed E-state index contributed by atoms with van der Waals surface area (Å²) in [5.41, 5.74) is 2.73. The summed E-state index contributed by atoms with van der Waals surface area (Å²) in [6.07, 6.45) is 10.5. The molecule has 0 aromatic carbocycles. The van der Waals surface area contributed by atoms with Crippen LogP contribution in [0.3, 0.4) is 0 Å². The molecule has 1 aromatic heterocycles. The van der Waals surface area contributed by atoms with Crippen LogP contribution < -0.4 is 10.2 Å². The number of nitrogens with zero attached hydrogens (tertiary/aromatic N) is 2. The van der Waals surface area contributed by atoms with E-state index in [0.29, 0.717) is 0 Å². The summed E-state index contributed by atoms with van der Waals surface area (Å²) < 4.78 is 0. The molecule has 1 N–H and O–H groups in total. The number of aryl methyl sites for hydroxylation is 1. The molecule has 104 valence electrons. The van der Waals surface area contributed by atoms with Crippen molar-refractivity contribution in [2.45, 2.75) is 64.1 Å². The lowest BCUT2D eigenvalue weighted by Gasteiger charge is -2.41. The standard InChI is InChI=1S/C16H25N3/c1-3-7-18-13-9-14-4-5-15(10-13)19(14)16-11-17-8-6-12(16)2/h6,8,11,13-15,18H,3-5,7,9-10H2,1-2H3. The van der Waals surface area contributed by atoms with Crippen molar-refractivity contribution in [2.75, 3.05) is 11.4 Å². The van der Waals surface area contributed by atoms with Crippen LogP contribution in [-0.4, -0.2) is 29.7 Å². The van der Waals surface area contributed by atoms with Gasteiger partial charge in [-0.15, -0.1) is 0 Å². The Morgan fingerprint density at radius 1 is 1.32 bits per heavy atom. The molecule has 0 aliphatic carbocycles. The summed E-state index contributed by atoms with van der Waals surface area (Å²) >= 11 is 0. The summed E-state index contributed by atoms with van der Waals surface area (Å²) in [5.74, 6) is 0. The van der Waals surface area contributed by atoms with E-state index in [2.05, 4.69) is 41.3 Å².